The molecule has 1 N–H and O–H groups in total. The van der Waals surface area contributed by atoms with Gasteiger partial charge < -0.3 is 15.2 Å². The summed E-state index contributed by atoms with van der Waals surface area (Å²) in [6.07, 6.45) is 0. The molecular weight excluding hydrogens is 388 g/mol. The summed E-state index contributed by atoms with van der Waals surface area (Å²) in [5.74, 6) is 0.0388. The number of esters is 1. The first-order valence-corrected chi connectivity index (χ1v) is 8.89. The third-order valence-electron chi connectivity index (χ3n) is 4.13. The van der Waals surface area contributed by atoms with E-state index >= 15 is 0 Å². The predicted molar refractivity (Wildman–Crippen MR) is 106 cm³/mol. The van der Waals surface area contributed by atoms with Crippen molar-refractivity contribution >= 4 is 28.0 Å². The highest BCUT2D eigenvalue weighted by atomic mass is 16.5. The molecule has 0 aliphatic rings. The molecule has 0 amide bonds. The fourth-order valence-electron chi connectivity index (χ4n) is 2.79. The summed E-state index contributed by atoms with van der Waals surface area (Å²) in [6, 6.07) is 20.8. The number of fused-ring (bicyclic) bond motifs is 2. The molecule has 0 radical (unpaired) electrons. The van der Waals surface area contributed by atoms with Crippen molar-refractivity contribution < 1.29 is 19.6 Å². The minimum absolute atomic E-state index is 0.388. The average Bonchev–Trinajstić information content (AvgIpc) is 3.30. The van der Waals surface area contributed by atoms with E-state index in [4.69, 9.17) is 9.94 Å². The first-order valence-electron chi connectivity index (χ1n) is 8.89. The molecule has 10 nitrogen and oxygen atoms in total. The Bertz CT molecular complexity index is 1330. The molecule has 0 saturated carbocycles. The summed E-state index contributed by atoms with van der Waals surface area (Å²) in [5, 5.41) is 32.4. The maximum atomic E-state index is 12.1. The van der Waals surface area contributed by atoms with Gasteiger partial charge in [-0.3, -0.25) is 4.79 Å². The number of hydrogen-bond donors (Lipinski definition) is 1. The molecule has 3 aromatic carbocycles. The molecule has 30 heavy (non-hydrogen) atoms. The standard InChI is InChI=1S/C14H11N3O3.C6H5N3O/c1-10(18)20-12-8-6-11(7-9-12)16-15-13-4-2-3-5-14(13)17(16)19;10-9-6-4-2-1-3-5(6)7-8-9/h2-9H,1H3;1-4,10H. The Morgan fingerprint density at radius 2 is 1.67 bits per heavy atom. The molecule has 0 bridgehead atoms. The van der Waals surface area contributed by atoms with Gasteiger partial charge in [0.2, 0.25) is 11.0 Å². The lowest BCUT2D eigenvalue weighted by Gasteiger charge is -2.05. The first kappa shape index (κ1) is 18.9. The summed E-state index contributed by atoms with van der Waals surface area (Å²) < 4.78 is 4.94. The van der Waals surface area contributed by atoms with Crippen molar-refractivity contribution in [2.45, 2.75) is 6.92 Å². The van der Waals surface area contributed by atoms with E-state index in [1.165, 1.54) is 11.7 Å². The summed E-state index contributed by atoms with van der Waals surface area (Å²) in [4.78, 5) is 13.6. The van der Waals surface area contributed by atoms with Crippen molar-refractivity contribution in [1.82, 2.24) is 25.1 Å². The third-order valence-corrected chi connectivity index (χ3v) is 4.13. The van der Waals surface area contributed by atoms with Crippen LogP contribution in [0.3, 0.4) is 0 Å². The van der Waals surface area contributed by atoms with Gasteiger partial charge in [0.25, 0.3) is 0 Å². The molecule has 2 heterocycles. The molecule has 0 spiro atoms. The quantitative estimate of drug-likeness (QED) is 0.157. The molecule has 0 atom stereocenters. The van der Waals surface area contributed by atoms with Gasteiger partial charge in [0.1, 0.15) is 22.5 Å². The van der Waals surface area contributed by atoms with Gasteiger partial charge in [0.05, 0.1) is 5.10 Å². The van der Waals surface area contributed by atoms with Gasteiger partial charge in [-0.05, 0) is 58.5 Å². The van der Waals surface area contributed by atoms with Crippen molar-refractivity contribution in [3.05, 3.63) is 78.0 Å². The van der Waals surface area contributed by atoms with Crippen molar-refractivity contribution in [3.8, 4) is 11.4 Å². The Kier molecular flexibility index (Phi) is 4.95. The molecule has 0 saturated heterocycles. The van der Waals surface area contributed by atoms with Crippen LogP contribution < -0.4 is 9.58 Å². The molecular formula is C20H16N6O4. The topological polar surface area (TPSA) is 122 Å². The average molecular weight is 404 g/mol. The Morgan fingerprint density at radius 1 is 1.00 bits per heavy atom. The zero-order chi connectivity index (χ0) is 21.1. The summed E-state index contributed by atoms with van der Waals surface area (Å²) in [7, 11) is 0. The number of carbonyl (C=O) groups is 1. The number of benzene rings is 3. The zero-order valence-corrected chi connectivity index (χ0v) is 15.8. The molecule has 2 aromatic heterocycles. The normalized spacial score (nSPS) is 10.6. The highest BCUT2D eigenvalue weighted by molar-refractivity contribution is 5.73. The number of rotatable bonds is 2. The second-order valence-electron chi connectivity index (χ2n) is 6.21. The van der Waals surface area contributed by atoms with Crippen molar-refractivity contribution in [2.75, 3.05) is 0 Å². The van der Waals surface area contributed by atoms with Crippen LogP contribution in [0, 0.1) is 5.21 Å². The van der Waals surface area contributed by atoms with Crippen molar-refractivity contribution in [3.63, 3.8) is 0 Å². The minimum atomic E-state index is -0.388. The second kappa shape index (κ2) is 7.87. The van der Waals surface area contributed by atoms with Crippen molar-refractivity contribution in [1.29, 1.82) is 0 Å². The molecule has 5 rings (SSSR count). The van der Waals surface area contributed by atoms with Crippen molar-refractivity contribution in [2.24, 2.45) is 0 Å². The molecule has 150 valence electrons. The van der Waals surface area contributed by atoms with E-state index in [0.717, 1.165) is 9.69 Å². The molecule has 0 aliphatic carbocycles. The van der Waals surface area contributed by atoms with Gasteiger partial charge in [-0.15, -0.1) is 9.94 Å². The number of hydrogen-bond acceptors (Lipinski definition) is 7. The van der Waals surface area contributed by atoms with Gasteiger partial charge in [0, 0.05) is 6.92 Å². The van der Waals surface area contributed by atoms with E-state index in [1.54, 1.807) is 54.6 Å². The van der Waals surface area contributed by atoms with Crippen LogP contribution in [0.15, 0.2) is 72.8 Å². The summed E-state index contributed by atoms with van der Waals surface area (Å²) >= 11 is 0. The largest absolute Gasteiger partial charge is 0.692 e. The number of carbonyl (C=O) groups excluding carboxylic acids is 1. The Morgan fingerprint density at radius 3 is 2.33 bits per heavy atom. The second-order valence-corrected chi connectivity index (χ2v) is 6.21. The lowest BCUT2D eigenvalue weighted by Crippen LogP contribution is -2.37. The SMILES string of the molecule is CC(=O)Oc1ccc(-n2nc3ccccc3[n+]2[O-])cc1.On1nnc2ccccc21. The highest BCUT2D eigenvalue weighted by Crippen LogP contribution is 2.15. The van der Waals surface area contributed by atoms with Gasteiger partial charge in [-0.2, -0.15) is 0 Å². The van der Waals surface area contributed by atoms with Gasteiger partial charge in [-0.1, -0.05) is 29.1 Å². The minimum Gasteiger partial charge on any atom is -0.692 e. The van der Waals surface area contributed by atoms with Crippen LogP contribution in [0.25, 0.3) is 27.8 Å². The Hall–Kier alpha value is -4.47. The number of ether oxygens (including phenoxy) is 1. The number of aromatic nitrogens is 6. The monoisotopic (exact) mass is 404 g/mol. The summed E-state index contributed by atoms with van der Waals surface area (Å²) in [5.41, 5.74) is 3.03. The van der Waals surface area contributed by atoms with Crippen LogP contribution in [0.2, 0.25) is 0 Å². The van der Waals surface area contributed by atoms with E-state index in [0.29, 0.717) is 33.5 Å². The lowest BCUT2D eigenvalue weighted by atomic mass is 10.3. The van der Waals surface area contributed by atoms with Gasteiger partial charge in [0.15, 0.2) is 0 Å². The van der Waals surface area contributed by atoms with Gasteiger partial charge in [-0.25, -0.2) is 0 Å². The fraction of sp³-hybridized carbons (Fsp3) is 0.0500. The highest BCUT2D eigenvalue weighted by Gasteiger charge is 2.15. The Labute approximate surface area is 169 Å². The van der Waals surface area contributed by atoms with Gasteiger partial charge >= 0.3 is 5.97 Å². The smallest absolute Gasteiger partial charge is 0.308 e. The van der Waals surface area contributed by atoms with E-state index in [1.807, 2.05) is 18.2 Å². The van der Waals surface area contributed by atoms with Crippen LogP contribution in [-0.4, -0.2) is 36.2 Å². The van der Waals surface area contributed by atoms with E-state index in [-0.39, 0.29) is 5.97 Å². The van der Waals surface area contributed by atoms with Crippen LogP contribution >= 0.6 is 0 Å². The molecule has 10 heteroatoms. The van der Waals surface area contributed by atoms with E-state index in [9.17, 15) is 10.0 Å². The molecule has 0 aliphatic heterocycles. The van der Waals surface area contributed by atoms with E-state index < -0.39 is 0 Å². The predicted octanol–water partition coefficient (Wildman–Crippen LogP) is 2.25. The van der Waals surface area contributed by atoms with Crippen LogP contribution in [-0.2, 0) is 4.79 Å². The fourth-order valence-corrected chi connectivity index (χ4v) is 2.79. The van der Waals surface area contributed by atoms with Crippen LogP contribution in [0.1, 0.15) is 6.92 Å². The molecule has 5 aromatic rings. The zero-order valence-electron chi connectivity index (χ0n) is 15.8. The lowest BCUT2D eigenvalue weighted by molar-refractivity contribution is -0.664. The molecule has 0 fully saturated rings. The maximum absolute atomic E-state index is 12.1. The third kappa shape index (κ3) is 3.74. The molecule has 0 unspecified atom stereocenters. The maximum Gasteiger partial charge on any atom is 0.308 e. The van der Waals surface area contributed by atoms with Crippen LogP contribution in [0.5, 0.6) is 5.75 Å². The first-order chi connectivity index (χ1) is 14.5. The Balaban J connectivity index is 0.000000181. The number of nitrogens with zero attached hydrogens (tertiary/aromatic N) is 6. The van der Waals surface area contributed by atoms with Crippen LogP contribution in [0.4, 0.5) is 0 Å². The summed E-state index contributed by atoms with van der Waals surface area (Å²) in [6.45, 7) is 1.33. The van der Waals surface area contributed by atoms with E-state index in [2.05, 4.69) is 15.4 Å². The number of para-hydroxylation sites is 2.